The van der Waals surface area contributed by atoms with Gasteiger partial charge in [-0.2, -0.15) is 0 Å². The molecule has 0 aliphatic heterocycles. The number of nitrogens with two attached hydrogens (primary N) is 1. The molecule has 12 heavy (non-hydrogen) atoms. The summed E-state index contributed by atoms with van der Waals surface area (Å²) in [4.78, 5) is 4.08. The summed E-state index contributed by atoms with van der Waals surface area (Å²) < 4.78 is 4.97. The highest BCUT2D eigenvalue weighted by atomic mass is 16.5. The fourth-order valence-corrected chi connectivity index (χ4v) is 0.931. The largest absolute Gasteiger partial charge is 0.388 e. The van der Waals surface area contributed by atoms with E-state index in [-0.39, 0.29) is 0 Å². The third kappa shape index (κ3) is 1.84. The Kier molecular flexibility index (Phi) is 2.47. The monoisotopic (exact) mass is 167 g/mol. The maximum absolute atomic E-state index is 5.41. The average molecular weight is 167 g/mol. The zero-order valence-corrected chi connectivity index (χ0v) is 7.59. The Bertz CT molecular complexity index is 278. The number of aromatic nitrogens is 1. The molecule has 1 aromatic heterocycles. The molecule has 1 heterocycles. The molecule has 0 unspecified atom stereocenters. The van der Waals surface area contributed by atoms with E-state index in [0.717, 1.165) is 17.0 Å². The summed E-state index contributed by atoms with van der Waals surface area (Å²) in [6, 6.07) is 0. The van der Waals surface area contributed by atoms with E-state index >= 15 is 0 Å². The number of nitrogens with zero attached hydrogens (tertiary/aromatic N) is 2. The number of aliphatic imine (C=N–C) groups is 1. The Morgan fingerprint density at radius 3 is 2.67 bits per heavy atom. The molecule has 4 heteroatoms. The van der Waals surface area contributed by atoms with Crippen molar-refractivity contribution in [3.8, 4) is 0 Å². The molecule has 0 aliphatic carbocycles. The molecule has 0 spiro atoms. The van der Waals surface area contributed by atoms with E-state index in [0.29, 0.717) is 12.4 Å². The smallest absolute Gasteiger partial charge is 0.138 e. The summed E-state index contributed by atoms with van der Waals surface area (Å²) in [5.74, 6) is 1.40. The maximum atomic E-state index is 5.41. The zero-order chi connectivity index (χ0) is 9.14. The van der Waals surface area contributed by atoms with Crippen molar-refractivity contribution in [3.63, 3.8) is 0 Å². The van der Waals surface area contributed by atoms with Crippen molar-refractivity contribution >= 4 is 5.84 Å². The van der Waals surface area contributed by atoms with Gasteiger partial charge >= 0.3 is 0 Å². The van der Waals surface area contributed by atoms with Gasteiger partial charge in [0, 0.05) is 5.56 Å². The fourth-order valence-electron chi connectivity index (χ4n) is 0.931. The molecule has 0 atom stereocenters. The van der Waals surface area contributed by atoms with Crippen LogP contribution in [0.15, 0.2) is 9.52 Å². The quantitative estimate of drug-likeness (QED) is 0.531. The second-order valence-electron chi connectivity index (χ2n) is 2.76. The molecule has 0 amide bonds. The Morgan fingerprint density at radius 1 is 1.58 bits per heavy atom. The van der Waals surface area contributed by atoms with Gasteiger partial charge in [0.25, 0.3) is 0 Å². The molecular weight excluding hydrogens is 154 g/mol. The second kappa shape index (κ2) is 3.38. The van der Waals surface area contributed by atoms with E-state index in [1.165, 1.54) is 0 Å². The van der Waals surface area contributed by atoms with Gasteiger partial charge in [-0.1, -0.05) is 5.16 Å². The van der Waals surface area contributed by atoms with E-state index in [1.807, 2.05) is 13.8 Å². The van der Waals surface area contributed by atoms with Crippen molar-refractivity contribution < 1.29 is 4.52 Å². The first-order chi connectivity index (χ1) is 5.61. The molecule has 0 saturated carbocycles. The lowest BCUT2D eigenvalue weighted by atomic mass is 10.2. The lowest BCUT2D eigenvalue weighted by molar-refractivity contribution is 0.392. The lowest BCUT2D eigenvalue weighted by Gasteiger charge is -1.93. The van der Waals surface area contributed by atoms with E-state index in [9.17, 15) is 0 Å². The van der Waals surface area contributed by atoms with Crippen LogP contribution in [0.1, 0.15) is 23.9 Å². The summed E-state index contributed by atoms with van der Waals surface area (Å²) in [6.07, 6.45) is 0. The molecule has 0 radical (unpaired) electrons. The van der Waals surface area contributed by atoms with Crippen molar-refractivity contribution in [3.05, 3.63) is 17.0 Å². The minimum atomic E-state index is 0.559. The van der Waals surface area contributed by atoms with Gasteiger partial charge in [-0.15, -0.1) is 0 Å². The Morgan fingerprint density at radius 2 is 2.25 bits per heavy atom. The molecule has 66 valence electrons. The second-order valence-corrected chi connectivity index (χ2v) is 2.76. The van der Waals surface area contributed by atoms with Crippen LogP contribution in [0.3, 0.4) is 0 Å². The highest BCUT2D eigenvalue weighted by Gasteiger charge is 2.06. The molecule has 1 rings (SSSR count). The topological polar surface area (TPSA) is 64.4 Å². The van der Waals surface area contributed by atoms with Crippen LogP contribution in [0.5, 0.6) is 0 Å². The third-order valence-corrected chi connectivity index (χ3v) is 1.67. The van der Waals surface area contributed by atoms with Crippen LogP contribution in [0, 0.1) is 13.8 Å². The molecule has 2 N–H and O–H groups in total. The predicted molar refractivity (Wildman–Crippen MR) is 47.0 cm³/mol. The van der Waals surface area contributed by atoms with Crippen molar-refractivity contribution in [2.75, 3.05) is 0 Å². The van der Waals surface area contributed by atoms with Gasteiger partial charge in [0.2, 0.25) is 0 Å². The van der Waals surface area contributed by atoms with Gasteiger partial charge in [0.05, 0.1) is 18.1 Å². The molecular formula is C8H13N3O. The minimum absolute atomic E-state index is 0.559. The van der Waals surface area contributed by atoms with Crippen LogP contribution >= 0.6 is 0 Å². The van der Waals surface area contributed by atoms with Crippen molar-refractivity contribution in [1.29, 1.82) is 0 Å². The summed E-state index contributed by atoms with van der Waals surface area (Å²) in [6.45, 7) is 6.09. The number of hydrogen-bond acceptors (Lipinski definition) is 3. The zero-order valence-electron chi connectivity index (χ0n) is 7.59. The standard InChI is InChI=1S/C8H13N3O/c1-5-8(4-10-7(3)9)6(2)12-11-5/h4H2,1-3H3,(H2,9,10). The van der Waals surface area contributed by atoms with Crippen LogP contribution < -0.4 is 5.73 Å². The van der Waals surface area contributed by atoms with E-state index in [4.69, 9.17) is 10.3 Å². The number of aryl methyl sites for hydroxylation is 2. The first-order valence-corrected chi connectivity index (χ1v) is 3.79. The summed E-state index contributed by atoms with van der Waals surface area (Å²) in [5.41, 5.74) is 7.32. The summed E-state index contributed by atoms with van der Waals surface area (Å²) >= 11 is 0. The van der Waals surface area contributed by atoms with E-state index < -0.39 is 0 Å². The Hall–Kier alpha value is -1.32. The lowest BCUT2D eigenvalue weighted by Crippen LogP contribution is -2.05. The summed E-state index contributed by atoms with van der Waals surface area (Å²) in [7, 11) is 0. The Labute approximate surface area is 71.5 Å². The molecule has 0 fully saturated rings. The van der Waals surface area contributed by atoms with Gasteiger partial charge in [0.1, 0.15) is 5.76 Å². The number of amidine groups is 1. The van der Waals surface area contributed by atoms with Gasteiger partial charge in [-0.3, -0.25) is 4.99 Å². The van der Waals surface area contributed by atoms with Crippen LogP contribution in [-0.4, -0.2) is 11.0 Å². The van der Waals surface area contributed by atoms with Crippen molar-refractivity contribution in [2.24, 2.45) is 10.7 Å². The molecule has 0 aliphatic rings. The molecule has 0 bridgehead atoms. The van der Waals surface area contributed by atoms with Crippen LogP contribution in [-0.2, 0) is 6.54 Å². The average Bonchev–Trinajstić information content (AvgIpc) is 2.28. The van der Waals surface area contributed by atoms with Gasteiger partial charge in [-0.05, 0) is 20.8 Å². The van der Waals surface area contributed by atoms with E-state index in [1.54, 1.807) is 6.92 Å². The SMILES string of the molecule is CC(N)=NCc1c(C)noc1C. The number of rotatable bonds is 2. The van der Waals surface area contributed by atoms with Crippen LogP contribution in [0.2, 0.25) is 0 Å². The van der Waals surface area contributed by atoms with Gasteiger partial charge in [0.15, 0.2) is 0 Å². The first kappa shape index (κ1) is 8.77. The summed E-state index contributed by atoms with van der Waals surface area (Å²) in [5, 5.41) is 3.81. The fraction of sp³-hybridized carbons (Fsp3) is 0.500. The molecule has 0 saturated heterocycles. The highest BCUT2D eigenvalue weighted by molar-refractivity contribution is 5.77. The van der Waals surface area contributed by atoms with E-state index in [2.05, 4.69) is 10.1 Å². The van der Waals surface area contributed by atoms with Gasteiger partial charge < -0.3 is 10.3 Å². The van der Waals surface area contributed by atoms with Crippen molar-refractivity contribution in [1.82, 2.24) is 5.16 Å². The highest BCUT2D eigenvalue weighted by Crippen LogP contribution is 2.12. The van der Waals surface area contributed by atoms with Crippen LogP contribution in [0.4, 0.5) is 0 Å². The third-order valence-electron chi connectivity index (χ3n) is 1.67. The minimum Gasteiger partial charge on any atom is -0.388 e. The molecule has 0 aromatic carbocycles. The number of hydrogen-bond donors (Lipinski definition) is 1. The maximum Gasteiger partial charge on any atom is 0.138 e. The van der Waals surface area contributed by atoms with Crippen LogP contribution in [0.25, 0.3) is 0 Å². The Balaban J connectivity index is 2.81. The predicted octanol–water partition coefficient (Wildman–Crippen LogP) is 1.17. The van der Waals surface area contributed by atoms with Crippen molar-refractivity contribution in [2.45, 2.75) is 27.3 Å². The first-order valence-electron chi connectivity index (χ1n) is 3.79. The molecule has 4 nitrogen and oxygen atoms in total. The molecule has 1 aromatic rings. The van der Waals surface area contributed by atoms with Gasteiger partial charge in [-0.25, -0.2) is 0 Å². The normalized spacial score (nSPS) is 12.1.